The fraction of sp³-hybridized carbons (Fsp3) is 0.636. The smallest absolute Gasteiger partial charge is 0.276 e. The van der Waals surface area contributed by atoms with Crippen molar-refractivity contribution in [3.05, 3.63) is 16.7 Å². The van der Waals surface area contributed by atoms with Crippen molar-refractivity contribution in [3.8, 4) is 0 Å². The summed E-state index contributed by atoms with van der Waals surface area (Å²) in [6.07, 6.45) is 3.40. The molecule has 0 radical (unpaired) electrons. The lowest BCUT2D eigenvalue weighted by atomic mass is 9.95. The number of anilines is 2. The molecule has 0 aliphatic carbocycles. The second kappa shape index (κ2) is 6.24. The molecule has 6 heteroatoms. The first-order valence-electron chi connectivity index (χ1n) is 5.92. The number of hydrogen-bond donors (Lipinski definition) is 4. The maximum absolute atomic E-state index is 11.2. The number of hydrogen-bond acceptors (Lipinski definition) is 5. The van der Waals surface area contributed by atoms with E-state index in [2.05, 4.69) is 29.1 Å². The van der Waals surface area contributed by atoms with Crippen molar-refractivity contribution in [1.29, 1.82) is 0 Å². The SMILES string of the molecule is CCC(CC)C(N)CNc1nc[nH]c(=O)c1N. The molecule has 1 heterocycles. The molecule has 0 aliphatic heterocycles. The normalized spacial score (nSPS) is 12.7. The Labute approximate surface area is 101 Å². The summed E-state index contributed by atoms with van der Waals surface area (Å²) in [5.74, 6) is 0.862. The summed E-state index contributed by atoms with van der Waals surface area (Å²) in [4.78, 5) is 17.6. The maximum atomic E-state index is 11.2. The minimum absolute atomic E-state index is 0.0329. The van der Waals surface area contributed by atoms with Gasteiger partial charge in [0.25, 0.3) is 5.56 Å². The number of aromatic nitrogens is 2. The van der Waals surface area contributed by atoms with Gasteiger partial charge in [-0.15, -0.1) is 0 Å². The van der Waals surface area contributed by atoms with Gasteiger partial charge in [0, 0.05) is 12.6 Å². The molecule has 0 spiro atoms. The molecule has 0 fully saturated rings. The van der Waals surface area contributed by atoms with Gasteiger partial charge in [-0.05, 0) is 5.92 Å². The van der Waals surface area contributed by atoms with Crippen LogP contribution in [0.4, 0.5) is 11.5 Å². The monoisotopic (exact) mass is 239 g/mol. The summed E-state index contributed by atoms with van der Waals surface area (Å²) in [5, 5.41) is 3.02. The molecular weight excluding hydrogens is 218 g/mol. The highest BCUT2D eigenvalue weighted by Gasteiger charge is 2.14. The highest BCUT2D eigenvalue weighted by Crippen LogP contribution is 2.13. The minimum Gasteiger partial charge on any atom is -0.391 e. The standard InChI is InChI=1S/C11H21N5O/c1-3-7(4-2)8(12)5-14-10-9(13)11(17)16-6-15-10/h6-8H,3-5,12-13H2,1-2H3,(H2,14,15,16,17). The zero-order valence-electron chi connectivity index (χ0n) is 10.4. The second-order valence-electron chi connectivity index (χ2n) is 4.12. The second-order valence-corrected chi connectivity index (χ2v) is 4.12. The van der Waals surface area contributed by atoms with E-state index >= 15 is 0 Å². The Balaban J connectivity index is 2.61. The van der Waals surface area contributed by atoms with Crippen LogP contribution in [0.3, 0.4) is 0 Å². The van der Waals surface area contributed by atoms with Crippen LogP contribution >= 0.6 is 0 Å². The Bertz CT molecular complexity index is 399. The van der Waals surface area contributed by atoms with E-state index in [0.717, 1.165) is 12.8 Å². The van der Waals surface area contributed by atoms with Crippen LogP contribution in [0.15, 0.2) is 11.1 Å². The number of nitrogens with zero attached hydrogens (tertiary/aromatic N) is 1. The Morgan fingerprint density at radius 3 is 2.71 bits per heavy atom. The van der Waals surface area contributed by atoms with Gasteiger partial charge < -0.3 is 21.8 Å². The summed E-state index contributed by atoms with van der Waals surface area (Å²) < 4.78 is 0. The zero-order valence-corrected chi connectivity index (χ0v) is 10.4. The Kier molecular flexibility index (Phi) is 4.96. The molecule has 1 rings (SSSR count). The van der Waals surface area contributed by atoms with Crippen molar-refractivity contribution in [2.24, 2.45) is 11.7 Å². The molecule has 6 N–H and O–H groups in total. The average Bonchev–Trinajstić information content (AvgIpc) is 2.32. The fourth-order valence-electron chi connectivity index (χ4n) is 1.83. The maximum Gasteiger partial charge on any atom is 0.276 e. The molecule has 0 amide bonds. The lowest BCUT2D eigenvalue weighted by Crippen LogP contribution is -2.36. The van der Waals surface area contributed by atoms with Crippen molar-refractivity contribution >= 4 is 11.5 Å². The number of nitrogen functional groups attached to an aromatic ring is 1. The molecule has 0 saturated carbocycles. The van der Waals surface area contributed by atoms with Gasteiger partial charge in [0.15, 0.2) is 5.82 Å². The summed E-state index contributed by atoms with van der Waals surface area (Å²) in [6, 6.07) is 0.0329. The van der Waals surface area contributed by atoms with Crippen LogP contribution in [0.25, 0.3) is 0 Å². The molecule has 0 bridgehead atoms. The van der Waals surface area contributed by atoms with Gasteiger partial charge in [0.2, 0.25) is 0 Å². The predicted octanol–water partition coefficient (Wildman–Crippen LogP) is 0.528. The number of H-pyrrole nitrogens is 1. The van der Waals surface area contributed by atoms with E-state index in [1.165, 1.54) is 6.33 Å². The van der Waals surface area contributed by atoms with E-state index in [-0.39, 0.29) is 17.3 Å². The molecule has 96 valence electrons. The number of nitrogens with one attached hydrogen (secondary N) is 2. The molecule has 0 saturated heterocycles. The zero-order chi connectivity index (χ0) is 12.8. The molecule has 6 nitrogen and oxygen atoms in total. The van der Waals surface area contributed by atoms with Gasteiger partial charge in [-0.3, -0.25) is 4.79 Å². The first-order chi connectivity index (χ1) is 8.10. The first-order valence-corrected chi connectivity index (χ1v) is 5.92. The summed E-state index contributed by atoms with van der Waals surface area (Å²) in [7, 11) is 0. The number of nitrogens with two attached hydrogens (primary N) is 2. The number of aromatic amines is 1. The molecule has 1 aromatic rings. The third kappa shape index (κ3) is 3.45. The van der Waals surface area contributed by atoms with Crippen molar-refractivity contribution in [2.75, 3.05) is 17.6 Å². The van der Waals surface area contributed by atoms with Gasteiger partial charge in [0.1, 0.15) is 5.69 Å². The van der Waals surface area contributed by atoms with Crippen molar-refractivity contribution < 1.29 is 0 Å². The van der Waals surface area contributed by atoms with Crippen LogP contribution in [0.5, 0.6) is 0 Å². The minimum atomic E-state index is -0.335. The topological polar surface area (TPSA) is 110 Å². The van der Waals surface area contributed by atoms with Gasteiger partial charge in [-0.2, -0.15) is 0 Å². The molecule has 17 heavy (non-hydrogen) atoms. The quantitative estimate of drug-likeness (QED) is 0.578. The summed E-state index contributed by atoms with van der Waals surface area (Å²) in [6.45, 7) is 4.80. The fourth-order valence-corrected chi connectivity index (χ4v) is 1.83. The van der Waals surface area contributed by atoms with Crippen LogP contribution in [0, 0.1) is 5.92 Å². The Morgan fingerprint density at radius 2 is 2.12 bits per heavy atom. The van der Waals surface area contributed by atoms with Crippen molar-refractivity contribution in [1.82, 2.24) is 9.97 Å². The molecule has 1 aromatic heterocycles. The van der Waals surface area contributed by atoms with E-state index in [1.54, 1.807) is 0 Å². The highest BCUT2D eigenvalue weighted by atomic mass is 16.1. The Hall–Kier alpha value is -1.56. The van der Waals surface area contributed by atoms with Gasteiger partial charge in [-0.25, -0.2) is 4.98 Å². The molecule has 1 atom stereocenters. The largest absolute Gasteiger partial charge is 0.391 e. The lowest BCUT2D eigenvalue weighted by Gasteiger charge is -2.21. The van der Waals surface area contributed by atoms with Gasteiger partial charge >= 0.3 is 0 Å². The van der Waals surface area contributed by atoms with Gasteiger partial charge in [0.05, 0.1) is 6.33 Å². The molecule has 0 aromatic carbocycles. The predicted molar refractivity (Wildman–Crippen MR) is 69.8 cm³/mol. The van der Waals surface area contributed by atoms with E-state index in [9.17, 15) is 4.79 Å². The van der Waals surface area contributed by atoms with Crippen LogP contribution in [0.1, 0.15) is 26.7 Å². The van der Waals surface area contributed by atoms with Crippen LogP contribution in [-0.2, 0) is 0 Å². The van der Waals surface area contributed by atoms with E-state index in [0.29, 0.717) is 18.3 Å². The van der Waals surface area contributed by atoms with Crippen molar-refractivity contribution in [3.63, 3.8) is 0 Å². The van der Waals surface area contributed by atoms with Crippen LogP contribution in [-0.4, -0.2) is 22.6 Å². The summed E-state index contributed by atoms with van der Waals surface area (Å²) >= 11 is 0. The molecule has 0 aliphatic rings. The van der Waals surface area contributed by atoms with E-state index in [1.807, 2.05) is 0 Å². The third-order valence-electron chi connectivity index (χ3n) is 3.05. The molecular formula is C11H21N5O. The lowest BCUT2D eigenvalue weighted by molar-refractivity contribution is 0.407. The average molecular weight is 239 g/mol. The Morgan fingerprint density at radius 1 is 1.47 bits per heavy atom. The molecule has 1 unspecified atom stereocenters. The van der Waals surface area contributed by atoms with E-state index in [4.69, 9.17) is 11.5 Å². The number of rotatable bonds is 6. The third-order valence-corrected chi connectivity index (χ3v) is 3.05. The van der Waals surface area contributed by atoms with Crippen LogP contribution < -0.4 is 22.3 Å². The van der Waals surface area contributed by atoms with Gasteiger partial charge in [-0.1, -0.05) is 26.7 Å². The highest BCUT2D eigenvalue weighted by molar-refractivity contribution is 5.58. The summed E-state index contributed by atoms with van der Waals surface area (Å²) in [5.41, 5.74) is 11.4. The van der Waals surface area contributed by atoms with Crippen LogP contribution in [0.2, 0.25) is 0 Å². The van der Waals surface area contributed by atoms with E-state index < -0.39 is 0 Å². The first kappa shape index (κ1) is 13.5. The van der Waals surface area contributed by atoms with Crippen molar-refractivity contribution in [2.45, 2.75) is 32.7 Å².